The van der Waals surface area contributed by atoms with E-state index in [0.717, 1.165) is 23.9 Å². The molecular formula is C22H35N3O3. The molecule has 6 heteroatoms. The molecule has 4 unspecified atom stereocenters. The number of nitrogens with zero attached hydrogens (tertiary/aromatic N) is 2. The molecule has 28 heavy (non-hydrogen) atoms. The van der Waals surface area contributed by atoms with Crippen LogP contribution in [0.25, 0.3) is 11.0 Å². The zero-order chi connectivity index (χ0) is 20.9. The van der Waals surface area contributed by atoms with Gasteiger partial charge < -0.3 is 14.5 Å². The molecule has 3 rings (SSSR count). The second kappa shape index (κ2) is 7.30. The smallest absolute Gasteiger partial charge is 0.351 e. The van der Waals surface area contributed by atoms with E-state index >= 15 is 0 Å². The summed E-state index contributed by atoms with van der Waals surface area (Å²) in [4.78, 5) is 20.1. The highest BCUT2D eigenvalue weighted by molar-refractivity contribution is 5.75. The second-order valence-corrected chi connectivity index (χ2v) is 10.1. The Morgan fingerprint density at radius 1 is 1.29 bits per heavy atom. The van der Waals surface area contributed by atoms with Crippen LogP contribution in [0.3, 0.4) is 0 Å². The van der Waals surface area contributed by atoms with Crippen molar-refractivity contribution in [3.63, 3.8) is 0 Å². The van der Waals surface area contributed by atoms with Gasteiger partial charge in [-0.05, 0) is 30.2 Å². The van der Waals surface area contributed by atoms with Crippen molar-refractivity contribution in [2.75, 3.05) is 7.11 Å². The van der Waals surface area contributed by atoms with E-state index in [-0.39, 0.29) is 34.6 Å². The maximum Gasteiger partial charge on any atom is 0.351 e. The minimum atomic E-state index is -0.480. The van der Waals surface area contributed by atoms with Crippen molar-refractivity contribution in [2.24, 2.45) is 16.7 Å². The molecular weight excluding hydrogens is 354 g/mol. The number of nitrogens with one attached hydrogen (secondary N) is 1. The number of aromatic nitrogens is 3. The molecule has 0 spiro atoms. The summed E-state index contributed by atoms with van der Waals surface area (Å²) in [6.45, 7) is 15.4. The number of aryl methyl sites for hydroxylation is 1. The minimum absolute atomic E-state index is 0.0143. The van der Waals surface area contributed by atoms with Crippen molar-refractivity contribution >= 4 is 11.0 Å². The molecule has 1 saturated heterocycles. The molecule has 0 aliphatic carbocycles. The molecule has 1 aliphatic heterocycles. The maximum absolute atomic E-state index is 12.8. The number of hydrogen-bond donors (Lipinski definition) is 1. The van der Waals surface area contributed by atoms with Crippen LogP contribution in [0.5, 0.6) is 0 Å². The van der Waals surface area contributed by atoms with Crippen molar-refractivity contribution in [2.45, 2.75) is 79.7 Å². The van der Waals surface area contributed by atoms with Crippen LogP contribution in [0.4, 0.5) is 0 Å². The SMILES string of the molecule is CCC(C)(C)CC1OC(n2cc3cc(C)[nH]c3nc2=O)C(OC)C1C(C)(C)C. The van der Waals surface area contributed by atoms with Crippen molar-refractivity contribution in [3.05, 3.63) is 28.4 Å². The Balaban J connectivity index is 2.05. The fourth-order valence-corrected chi connectivity index (χ4v) is 4.46. The number of methoxy groups -OCH3 is 1. The van der Waals surface area contributed by atoms with E-state index in [1.165, 1.54) is 0 Å². The normalized spacial score (nSPS) is 26.3. The number of rotatable bonds is 5. The van der Waals surface area contributed by atoms with E-state index in [1.54, 1.807) is 11.7 Å². The summed E-state index contributed by atoms with van der Waals surface area (Å²) in [6.07, 6.45) is 3.16. The van der Waals surface area contributed by atoms with Crippen LogP contribution in [0.2, 0.25) is 0 Å². The Hall–Kier alpha value is -1.66. The fourth-order valence-electron chi connectivity index (χ4n) is 4.46. The molecule has 6 nitrogen and oxygen atoms in total. The van der Waals surface area contributed by atoms with Gasteiger partial charge in [0.25, 0.3) is 0 Å². The topological polar surface area (TPSA) is 69.1 Å². The van der Waals surface area contributed by atoms with Gasteiger partial charge in [0.05, 0.1) is 6.10 Å². The van der Waals surface area contributed by atoms with Gasteiger partial charge in [-0.2, -0.15) is 4.98 Å². The third-order valence-electron chi connectivity index (χ3n) is 6.27. The first-order chi connectivity index (χ1) is 13.0. The highest BCUT2D eigenvalue weighted by Gasteiger charge is 2.52. The summed E-state index contributed by atoms with van der Waals surface area (Å²) < 4.78 is 14.1. The first-order valence-electron chi connectivity index (χ1n) is 10.2. The zero-order valence-corrected chi connectivity index (χ0v) is 18.5. The Labute approximate surface area is 167 Å². The predicted octanol–water partition coefficient (Wildman–Crippen LogP) is 4.43. The van der Waals surface area contributed by atoms with Gasteiger partial charge in [0.1, 0.15) is 11.8 Å². The molecule has 4 atom stereocenters. The average Bonchev–Trinajstić information content (AvgIpc) is 3.12. The van der Waals surface area contributed by atoms with E-state index in [9.17, 15) is 4.79 Å². The lowest BCUT2D eigenvalue weighted by Crippen LogP contribution is -2.40. The summed E-state index contributed by atoms with van der Waals surface area (Å²) in [7, 11) is 1.71. The van der Waals surface area contributed by atoms with Gasteiger partial charge in [-0.15, -0.1) is 0 Å². The van der Waals surface area contributed by atoms with E-state index in [1.807, 2.05) is 19.2 Å². The number of fused-ring (bicyclic) bond motifs is 1. The third kappa shape index (κ3) is 3.90. The lowest BCUT2D eigenvalue weighted by molar-refractivity contribution is -0.0600. The van der Waals surface area contributed by atoms with Gasteiger partial charge in [-0.1, -0.05) is 48.0 Å². The standard InChI is InChI=1S/C22H35N3O3/c1-9-22(6,7)11-15-16(21(3,4)5)17(27-8)19(28-15)25-12-14-10-13(2)23-18(14)24-20(25)26/h10,12,15-17,19H,9,11H2,1-8H3,(H,23,24,26). The average molecular weight is 390 g/mol. The van der Waals surface area contributed by atoms with Crippen LogP contribution < -0.4 is 5.69 Å². The summed E-state index contributed by atoms with van der Waals surface area (Å²) in [5.41, 5.74) is 1.42. The maximum atomic E-state index is 12.8. The molecule has 1 fully saturated rings. The largest absolute Gasteiger partial charge is 0.376 e. The molecule has 0 amide bonds. The Bertz CT molecular complexity index is 891. The molecule has 0 radical (unpaired) electrons. The molecule has 0 bridgehead atoms. The number of aromatic amines is 1. The summed E-state index contributed by atoms with van der Waals surface area (Å²) in [5.74, 6) is 0.170. The zero-order valence-electron chi connectivity index (χ0n) is 18.5. The van der Waals surface area contributed by atoms with Crippen LogP contribution in [-0.4, -0.2) is 33.9 Å². The molecule has 2 aromatic heterocycles. The number of hydrogen-bond acceptors (Lipinski definition) is 4. The van der Waals surface area contributed by atoms with Crippen molar-refractivity contribution in [3.8, 4) is 0 Å². The van der Waals surface area contributed by atoms with Crippen molar-refractivity contribution in [1.82, 2.24) is 14.5 Å². The molecule has 0 saturated carbocycles. The van der Waals surface area contributed by atoms with Gasteiger partial charge in [0, 0.05) is 30.3 Å². The second-order valence-electron chi connectivity index (χ2n) is 10.1. The summed E-state index contributed by atoms with van der Waals surface area (Å²) in [5, 5.41) is 0.903. The van der Waals surface area contributed by atoms with E-state index in [4.69, 9.17) is 9.47 Å². The van der Waals surface area contributed by atoms with Gasteiger partial charge in [0.15, 0.2) is 6.23 Å². The highest BCUT2D eigenvalue weighted by Crippen LogP contribution is 2.48. The molecule has 0 aromatic carbocycles. The van der Waals surface area contributed by atoms with Crippen LogP contribution in [0, 0.1) is 23.7 Å². The van der Waals surface area contributed by atoms with E-state index in [2.05, 4.69) is 51.5 Å². The van der Waals surface area contributed by atoms with E-state index in [0.29, 0.717) is 5.65 Å². The minimum Gasteiger partial charge on any atom is -0.376 e. The van der Waals surface area contributed by atoms with Crippen LogP contribution in [-0.2, 0) is 9.47 Å². The quantitative estimate of drug-likeness (QED) is 0.821. The van der Waals surface area contributed by atoms with E-state index < -0.39 is 6.23 Å². The van der Waals surface area contributed by atoms with Gasteiger partial charge in [0.2, 0.25) is 0 Å². The monoisotopic (exact) mass is 389 g/mol. The number of H-pyrrole nitrogens is 1. The Kier molecular flexibility index (Phi) is 5.49. The van der Waals surface area contributed by atoms with Crippen LogP contribution >= 0.6 is 0 Å². The lowest BCUT2D eigenvalue weighted by Gasteiger charge is -2.37. The third-order valence-corrected chi connectivity index (χ3v) is 6.27. The number of ether oxygens (including phenoxy) is 2. The summed E-state index contributed by atoms with van der Waals surface area (Å²) in [6, 6.07) is 1.99. The lowest BCUT2D eigenvalue weighted by atomic mass is 9.71. The summed E-state index contributed by atoms with van der Waals surface area (Å²) >= 11 is 0. The van der Waals surface area contributed by atoms with Crippen molar-refractivity contribution in [1.29, 1.82) is 0 Å². The molecule has 2 aromatic rings. The molecule has 156 valence electrons. The Morgan fingerprint density at radius 3 is 2.54 bits per heavy atom. The van der Waals surface area contributed by atoms with Crippen LogP contribution in [0.15, 0.2) is 17.1 Å². The predicted molar refractivity (Wildman–Crippen MR) is 111 cm³/mol. The molecule has 1 N–H and O–H groups in total. The Morgan fingerprint density at radius 2 is 1.96 bits per heavy atom. The van der Waals surface area contributed by atoms with Gasteiger partial charge in [-0.3, -0.25) is 4.57 Å². The highest BCUT2D eigenvalue weighted by atomic mass is 16.6. The molecule has 3 heterocycles. The first kappa shape index (κ1) is 21.1. The van der Waals surface area contributed by atoms with Crippen molar-refractivity contribution < 1.29 is 9.47 Å². The van der Waals surface area contributed by atoms with Crippen LogP contribution in [0.1, 0.15) is 66.3 Å². The fraction of sp³-hybridized carbons (Fsp3) is 0.727. The van der Waals surface area contributed by atoms with Gasteiger partial charge in [-0.25, -0.2) is 4.79 Å². The molecule has 1 aliphatic rings. The van der Waals surface area contributed by atoms with Gasteiger partial charge >= 0.3 is 5.69 Å². The first-order valence-corrected chi connectivity index (χ1v) is 10.2.